The zero-order valence-corrected chi connectivity index (χ0v) is 12.1. The van der Waals surface area contributed by atoms with E-state index in [0.29, 0.717) is 11.1 Å². The minimum absolute atomic E-state index is 0.00426. The third kappa shape index (κ3) is 2.50. The van der Waals surface area contributed by atoms with Crippen LogP contribution in [0.4, 0.5) is 5.69 Å². The lowest BCUT2D eigenvalue weighted by Gasteiger charge is -2.12. The highest BCUT2D eigenvalue weighted by Gasteiger charge is 2.13. The molecule has 0 bridgehead atoms. The summed E-state index contributed by atoms with van der Waals surface area (Å²) in [6, 6.07) is 17.2. The zero-order chi connectivity index (χ0) is 14.8. The first-order chi connectivity index (χ1) is 10.2. The number of carbonyl (C=O) groups is 1. The average molecular weight is 276 g/mol. The molecule has 0 N–H and O–H groups in total. The molecule has 0 atom stereocenters. The molecule has 0 aliphatic carbocycles. The number of para-hydroxylation sites is 1. The SMILES string of the molecule is CN(C)c1ccc(C(=O)c2cccc3cccnc23)cc1. The molecule has 21 heavy (non-hydrogen) atoms. The molecule has 0 saturated carbocycles. The Morgan fingerprint density at radius 2 is 1.67 bits per heavy atom. The van der Waals surface area contributed by atoms with Crippen LogP contribution in [0.1, 0.15) is 15.9 Å². The molecular weight excluding hydrogens is 260 g/mol. The van der Waals surface area contributed by atoms with Gasteiger partial charge < -0.3 is 4.90 Å². The summed E-state index contributed by atoms with van der Waals surface area (Å²) in [7, 11) is 3.96. The van der Waals surface area contributed by atoms with Gasteiger partial charge in [-0.2, -0.15) is 0 Å². The number of fused-ring (bicyclic) bond motifs is 1. The minimum atomic E-state index is 0.00426. The normalized spacial score (nSPS) is 10.6. The summed E-state index contributed by atoms with van der Waals surface area (Å²) in [5, 5.41) is 0.980. The number of hydrogen-bond acceptors (Lipinski definition) is 3. The topological polar surface area (TPSA) is 33.2 Å². The van der Waals surface area contributed by atoms with Crippen LogP contribution >= 0.6 is 0 Å². The Balaban J connectivity index is 2.04. The molecule has 3 heteroatoms. The summed E-state index contributed by atoms with van der Waals surface area (Å²) in [5.41, 5.74) is 3.15. The van der Waals surface area contributed by atoms with Crippen LogP contribution in [0, 0.1) is 0 Å². The highest BCUT2D eigenvalue weighted by molar-refractivity contribution is 6.15. The van der Waals surface area contributed by atoms with Gasteiger partial charge in [0.25, 0.3) is 0 Å². The molecule has 104 valence electrons. The number of rotatable bonds is 3. The second-order valence-electron chi connectivity index (χ2n) is 5.15. The van der Waals surface area contributed by atoms with E-state index in [2.05, 4.69) is 4.98 Å². The second-order valence-corrected chi connectivity index (χ2v) is 5.15. The number of carbonyl (C=O) groups excluding carboxylic acids is 1. The highest BCUT2D eigenvalue weighted by atomic mass is 16.1. The van der Waals surface area contributed by atoms with Crippen LogP contribution < -0.4 is 4.90 Å². The summed E-state index contributed by atoms with van der Waals surface area (Å²) >= 11 is 0. The first kappa shape index (κ1) is 13.3. The third-order valence-electron chi connectivity index (χ3n) is 3.52. The lowest BCUT2D eigenvalue weighted by molar-refractivity contribution is 0.104. The Bertz CT molecular complexity index is 786. The average Bonchev–Trinajstić information content (AvgIpc) is 2.53. The smallest absolute Gasteiger partial charge is 0.195 e. The fraction of sp³-hybridized carbons (Fsp3) is 0.111. The van der Waals surface area contributed by atoms with Crippen molar-refractivity contribution in [3.8, 4) is 0 Å². The van der Waals surface area contributed by atoms with Gasteiger partial charge in [-0.1, -0.05) is 18.2 Å². The summed E-state index contributed by atoms with van der Waals surface area (Å²) < 4.78 is 0. The molecule has 0 amide bonds. The van der Waals surface area contributed by atoms with Gasteiger partial charge in [-0.05, 0) is 36.4 Å². The molecule has 0 aliphatic rings. The van der Waals surface area contributed by atoms with Crippen LogP contribution in [0.15, 0.2) is 60.8 Å². The van der Waals surface area contributed by atoms with Crippen molar-refractivity contribution in [1.29, 1.82) is 0 Å². The molecule has 3 nitrogen and oxygen atoms in total. The van der Waals surface area contributed by atoms with Gasteiger partial charge in [0.15, 0.2) is 5.78 Å². The monoisotopic (exact) mass is 276 g/mol. The molecule has 1 heterocycles. The van der Waals surface area contributed by atoms with Crippen molar-refractivity contribution in [3.05, 3.63) is 71.9 Å². The quantitative estimate of drug-likeness (QED) is 0.686. The molecule has 0 radical (unpaired) electrons. The van der Waals surface area contributed by atoms with Crippen LogP contribution in [0.25, 0.3) is 10.9 Å². The third-order valence-corrected chi connectivity index (χ3v) is 3.52. The Morgan fingerprint density at radius 1 is 0.952 bits per heavy atom. The molecule has 3 aromatic rings. The van der Waals surface area contributed by atoms with E-state index in [9.17, 15) is 4.79 Å². The van der Waals surface area contributed by atoms with E-state index in [0.717, 1.165) is 16.6 Å². The summed E-state index contributed by atoms with van der Waals surface area (Å²) in [5.74, 6) is 0.00426. The van der Waals surface area contributed by atoms with Gasteiger partial charge in [0.1, 0.15) is 0 Å². The maximum Gasteiger partial charge on any atom is 0.195 e. The number of aromatic nitrogens is 1. The van der Waals surface area contributed by atoms with Gasteiger partial charge in [-0.15, -0.1) is 0 Å². The van der Waals surface area contributed by atoms with Crippen molar-refractivity contribution in [3.63, 3.8) is 0 Å². The highest BCUT2D eigenvalue weighted by Crippen LogP contribution is 2.20. The van der Waals surface area contributed by atoms with E-state index in [4.69, 9.17) is 0 Å². The number of ketones is 1. The molecule has 0 unspecified atom stereocenters. The van der Waals surface area contributed by atoms with Crippen LogP contribution in [0.5, 0.6) is 0 Å². The van der Waals surface area contributed by atoms with Gasteiger partial charge in [-0.25, -0.2) is 0 Å². The van der Waals surface area contributed by atoms with E-state index in [1.165, 1.54) is 0 Å². The van der Waals surface area contributed by atoms with Crippen molar-refractivity contribution in [2.24, 2.45) is 0 Å². The van der Waals surface area contributed by atoms with E-state index < -0.39 is 0 Å². The fourth-order valence-electron chi connectivity index (χ4n) is 2.35. The summed E-state index contributed by atoms with van der Waals surface area (Å²) in [6.45, 7) is 0. The van der Waals surface area contributed by atoms with E-state index >= 15 is 0 Å². The van der Waals surface area contributed by atoms with E-state index in [-0.39, 0.29) is 5.78 Å². The molecule has 0 fully saturated rings. The number of pyridine rings is 1. The van der Waals surface area contributed by atoms with Crippen LogP contribution in [-0.2, 0) is 0 Å². The van der Waals surface area contributed by atoms with Crippen molar-refractivity contribution in [2.75, 3.05) is 19.0 Å². The molecule has 1 aromatic heterocycles. The Hall–Kier alpha value is -2.68. The molecule has 0 aliphatic heterocycles. The van der Waals surface area contributed by atoms with Crippen molar-refractivity contribution in [2.45, 2.75) is 0 Å². The molecule has 0 saturated heterocycles. The van der Waals surface area contributed by atoms with Gasteiger partial charge in [-0.3, -0.25) is 9.78 Å². The van der Waals surface area contributed by atoms with Gasteiger partial charge in [0, 0.05) is 42.5 Å². The lowest BCUT2D eigenvalue weighted by Crippen LogP contribution is -2.09. The van der Waals surface area contributed by atoms with Crippen LogP contribution in [0.3, 0.4) is 0 Å². The minimum Gasteiger partial charge on any atom is -0.378 e. The standard InChI is InChI=1S/C18H16N2O/c1-20(2)15-10-8-14(9-11-15)18(21)16-7-3-5-13-6-4-12-19-17(13)16/h3-12H,1-2H3. The molecule has 3 rings (SSSR count). The van der Waals surface area contributed by atoms with E-state index in [1.807, 2.05) is 73.6 Å². The van der Waals surface area contributed by atoms with Gasteiger partial charge in [0.2, 0.25) is 0 Å². The largest absolute Gasteiger partial charge is 0.378 e. The Morgan fingerprint density at radius 3 is 2.38 bits per heavy atom. The molecular formula is C18H16N2O. The lowest BCUT2D eigenvalue weighted by atomic mass is 10.00. The number of benzene rings is 2. The number of anilines is 1. The Labute approximate surface area is 123 Å². The van der Waals surface area contributed by atoms with Crippen LogP contribution in [-0.4, -0.2) is 24.9 Å². The maximum absolute atomic E-state index is 12.7. The van der Waals surface area contributed by atoms with Crippen molar-refractivity contribution in [1.82, 2.24) is 4.98 Å². The number of hydrogen-bond donors (Lipinski definition) is 0. The predicted molar refractivity (Wildman–Crippen MR) is 85.9 cm³/mol. The van der Waals surface area contributed by atoms with Crippen LogP contribution in [0.2, 0.25) is 0 Å². The van der Waals surface area contributed by atoms with E-state index in [1.54, 1.807) is 6.20 Å². The number of nitrogens with zero attached hydrogens (tertiary/aromatic N) is 2. The first-order valence-corrected chi connectivity index (χ1v) is 6.82. The fourth-order valence-corrected chi connectivity index (χ4v) is 2.35. The van der Waals surface area contributed by atoms with Gasteiger partial charge >= 0.3 is 0 Å². The second kappa shape index (κ2) is 5.37. The summed E-state index contributed by atoms with van der Waals surface area (Å²) in [4.78, 5) is 19.0. The molecule has 0 spiro atoms. The van der Waals surface area contributed by atoms with Crippen molar-refractivity contribution < 1.29 is 4.79 Å². The first-order valence-electron chi connectivity index (χ1n) is 6.82. The Kier molecular flexibility index (Phi) is 3.40. The summed E-state index contributed by atoms with van der Waals surface area (Å²) in [6.07, 6.45) is 1.72. The maximum atomic E-state index is 12.7. The van der Waals surface area contributed by atoms with Crippen molar-refractivity contribution >= 4 is 22.4 Å². The van der Waals surface area contributed by atoms with Gasteiger partial charge in [0.05, 0.1) is 5.52 Å². The predicted octanol–water partition coefficient (Wildman–Crippen LogP) is 3.53. The molecule has 2 aromatic carbocycles. The zero-order valence-electron chi connectivity index (χ0n) is 12.1.